The molecule has 2 rings (SSSR count). The average molecular weight is 219 g/mol. The molecule has 0 aromatic carbocycles. The maximum Gasteiger partial charge on any atom is 0.237 e. The summed E-state index contributed by atoms with van der Waals surface area (Å²) in [7, 11) is 0. The van der Waals surface area contributed by atoms with Gasteiger partial charge in [-0.05, 0) is 19.1 Å². The standard InChI is InChI=1S/C10H13N5O/c1-7(11)10(16)12-6-9-14-13-8-4-2-3-5-15(8)9/h2-5,7H,6,11H2,1H3,(H,12,16)/t7-/m0/s1. The van der Waals surface area contributed by atoms with Gasteiger partial charge in [0.1, 0.15) is 0 Å². The van der Waals surface area contributed by atoms with Crippen molar-refractivity contribution >= 4 is 11.6 Å². The molecule has 16 heavy (non-hydrogen) atoms. The maximum absolute atomic E-state index is 11.3. The molecule has 0 aliphatic rings. The van der Waals surface area contributed by atoms with Gasteiger partial charge in [-0.3, -0.25) is 9.20 Å². The molecule has 0 aliphatic carbocycles. The van der Waals surface area contributed by atoms with Gasteiger partial charge in [0.2, 0.25) is 5.91 Å². The fraction of sp³-hybridized carbons (Fsp3) is 0.300. The Morgan fingerprint density at radius 3 is 3.12 bits per heavy atom. The number of carbonyl (C=O) groups excluding carboxylic acids is 1. The monoisotopic (exact) mass is 219 g/mol. The average Bonchev–Trinajstić information content (AvgIpc) is 2.69. The van der Waals surface area contributed by atoms with Crippen LogP contribution in [0.15, 0.2) is 24.4 Å². The minimum absolute atomic E-state index is 0.201. The molecule has 0 fully saturated rings. The van der Waals surface area contributed by atoms with E-state index >= 15 is 0 Å². The molecule has 0 unspecified atom stereocenters. The lowest BCUT2D eigenvalue weighted by molar-refractivity contribution is -0.122. The fourth-order valence-corrected chi connectivity index (χ4v) is 1.34. The molecule has 2 aromatic rings. The maximum atomic E-state index is 11.3. The molecular formula is C10H13N5O. The van der Waals surface area contributed by atoms with Crippen molar-refractivity contribution in [3.8, 4) is 0 Å². The van der Waals surface area contributed by atoms with Crippen LogP contribution in [0.25, 0.3) is 5.65 Å². The van der Waals surface area contributed by atoms with E-state index in [0.29, 0.717) is 12.4 Å². The summed E-state index contributed by atoms with van der Waals surface area (Å²) in [5.41, 5.74) is 6.19. The molecule has 1 amide bonds. The summed E-state index contributed by atoms with van der Waals surface area (Å²) < 4.78 is 1.82. The van der Waals surface area contributed by atoms with Crippen molar-refractivity contribution in [3.05, 3.63) is 30.2 Å². The molecule has 0 bridgehead atoms. The SMILES string of the molecule is C[C@H](N)C(=O)NCc1nnc2ccccn12. The largest absolute Gasteiger partial charge is 0.347 e. The molecule has 0 saturated carbocycles. The van der Waals surface area contributed by atoms with Gasteiger partial charge in [-0.2, -0.15) is 0 Å². The lowest BCUT2D eigenvalue weighted by atomic mass is 10.3. The van der Waals surface area contributed by atoms with Crippen LogP contribution in [0.2, 0.25) is 0 Å². The number of hydrogen-bond donors (Lipinski definition) is 2. The molecule has 6 nitrogen and oxygen atoms in total. The Bertz CT molecular complexity index is 505. The van der Waals surface area contributed by atoms with E-state index in [1.807, 2.05) is 28.8 Å². The van der Waals surface area contributed by atoms with E-state index in [-0.39, 0.29) is 5.91 Å². The molecule has 2 heterocycles. The van der Waals surface area contributed by atoms with E-state index in [1.165, 1.54) is 0 Å². The van der Waals surface area contributed by atoms with Crippen LogP contribution in [-0.2, 0) is 11.3 Å². The summed E-state index contributed by atoms with van der Waals surface area (Å²) in [4.78, 5) is 11.3. The van der Waals surface area contributed by atoms with E-state index in [2.05, 4.69) is 15.5 Å². The van der Waals surface area contributed by atoms with Gasteiger partial charge in [0.25, 0.3) is 0 Å². The highest BCUT2D eigenvalue weighted by Crippen LogP contribution is 2.02. The first-order valence-corrected chi connectivity index (χ1v) is 5.00. The number of nitrogens with two attached hydrogens (primary N) is 1. The van der Waals surface area contributed by atoms with Crippen LogP contribution >= 0.6 is 0 Å². The quantitative estimate of drug-likeness (QED) is 0.741. The van der Waals surface area contributed by atoms with Gasteiger partial charge < -0.3 is 11.1 Å². The Labute approximate surface area is 92.5 Å². The number of fused-ring (bicyclic) bond motifs is 1. The van der Waals surface area contributed by atoms with Crippen molar-refractivity contribution in [1.29, 1.82) is 0 Å². The Morgan fingerprint density at radius 2 is 2.38 bits per heavy atom. The first-order chi connectivity index (χ1) is 7.68. The topological polar surface area (TPSA) is 85.3 Å². The van der Waals surface area contributed by atoms with Gasteiger partial charge in [0.05, 0.1) is 12.6 Å². The van der Waals surface area contributed by atoms with Crippen LogP contribution in [0.1, 0.15) is 12.7 Å². The van der Waals surface area contributed by atoms with E-state index < -0.39 is 6.04 Å². The normalized spacial score (nSPS) is 12.6. The molecule has 2 aromatic heterocycles. The van der Waals surface area contributed by atoms with Crippen molar-refractivity contribution < 1.29 is 4.79 Å². The summed E-state index contributed by atoms with van der Waals surface area (Å²) in [5, 5.41) is 10.6. The van der Waals surface area contributed by atoms with Crippen molar-refractivity contribution in [3.63, 3.8) is 0 Å². The molecule has 84 valence electrons. The number of nitrogens with one attached hydrogen (secondary N) is 1. The molecule has 0 spiro atoms. The summed E-state index contributed by atoms with van der Waals surface area (Å²) in [6, 6.07) is 5.10. The zero-order valence-corrected chi connectivity index (χ0v) is 8.92. The Hall–Kier alpha value is -1.95. The van der Waals surface area contributed by atoms with E-state index in [1.54, 1.807) is 6.92 Å². The van der Waals surface area contributed by atoms with Crippen molar-refractivity contribution in [2.75, 3.05) is 0 Å². The number of aromatic nitrogens is 3. The highest BCUT2D eigenvalue weighted by atomic mass is 16.2. The van der Waals surface area contributed by atoms with E-state index in [0.717, 1.165) is 5.65 Å². The van der Waals surface area contributed by atoms with Crippen LogP contribution in [-0.4, -0.2) is 26.5 Å². The van der Waals surface area contributed by atoms with E-state index in [9.17, 15) is 4.79 Å². The van der Waals surface area contributed by atoms with E-state index in [4.69, 9.17) is 5.73 Å². The summed E-state index contributed by atoms with van der Waals surface area (Å²) in [5.74, 6) is 0.484. The number of carbonyl (C=O) groups is 1. The summed E-state index contributed by atoms with van der Waals surface area (Å²) in [6.07, 6.45) is 1.85. The summed E-state index contributed by atoms with van der Waals surface area (Å²) in [6.45, 7) is 1.96. The lowest BCUT2D eigenvalue weighted by Gasteiger charge is -2.06. The second-order valence-electron chi connectivity index (χ2n) is 3.55. The number of pyridine rings is 1. The number of rotatable bonds is 3. The van der Waals surface area contributed by atoms with Gasteiger partial charge in [-0.25, -0.2) is 0 Å². The Morgan fingerprint density at radius 1 is 1.56 bits per heavy atom. The Balaban J connectivity index is 2.13. The first kappa shape index (κ1) is 10.6. The minimum atomic E-state index is -0.515. The lowest BCUT2D eigenvalue weighted by Crippen LogP contribution is -2.38. The number of hydrogen-bond acceptors (Lipinski definition) is 4. The van der Waals surface area contributed by atoms with Gasteiger partial charge >= 0.3 is 0 Å². The zero-order chi connectivity index (χ0) is 11.5. The minimum Gasteiger partial charge on any atom is -0.347 e. The fourth-order valence-electron chi connectivity index (χ4n) is 1.34. The third-order valence-corrected chi connectivity index (χ3v) is 2.22. The third-order valence-electron chi connectivity index (χ3n) is 2.22. The van der Waals surface area contributed by atoms with Crippen LogP contribution in [0, 0.1) is 0 Å². The highest BCUT2D eigenvalue weighted by molar-refractivity contribution is 5.80. The van der Waals surface area contributed by atoms with Gasteiger partial charge in [0.15, 0.2) is 11.5 Å². The van der Waals surface area contributed by atoms with Gasteiger partial charge in [-0.1, -0.05) is 6.07 Å². The van der Waals surface area contributed by atoms with Crippen LogP contribution in [0.5, 0.6) is 0 Å². The second-order valence-corrected chi connectivity index (χ2v) is 3.55. The molecular weight excluding hydrogens is 206 g/mol. The molecule has 1 atom stereocenters. The van der Waals surface area contributed by atoms with Crippen molar-refractivity contribution in [2.45, 2.75) is 19.5 Å². The van der Waals surface area contributed by atoms with Gasteiger partial charge in [0, 0.05) is 6.20 Å². The number of amides is 1. The number of nitrogens with zero attached hydrogens (tertiary/aromatic N) is 3. The molecule has 0 radical (unpaired) electrons. The van der Waals surface area contributed by atoms with Gasteiger partial charge in [-0.15, -0.1) is 10.2 Å². The predicted molar refractivity (Wildman–Crippen MR) is 58.5 cm³/mol. The van der Waals surface area contributed by atoms with Crippen LogP contribution in [0.4, 0.5) is 0 Å². The van der Waals surface area contributed by atoms with Crippen LogP contribution in [0.3, 0.4) is 0 Å². The zero-order valence-electron chi connectivity index (χ0n) is 8.92. The molecule has 0 saturated heterocycles. The predicted octanol–water partition coefficient (Wildman–Crippen LogP) is -0.307. The summed E-state index contributed by atoms with van der Waals surface area (Å²) >= 11 is 0. The van der Waals surface area contributed by atoms with Crippen molar-refractivity contribution in [1.82, 2.24) is 19.9 Å². The highest BCUT2D eigenvalue weighted by Gasteiger charge is 2.09. The smallest absolute Gasteiger partial charge is 0.237 e. The van der Waals surface area contributed by atoms with Crippen LogP contribution < -0.4 is 11.1 Å². The molecule has 0 aliphatic heterocycles. The molecule has 3 N–H and O–H groups in total. The molecule has 6 heteroatoms. The van der Waals surface area contributed by atoms with Crippen molar-refractivity contribution in [2.24, 2.45) is 5.73 Å². The third kappa shape index (κ3) is 2.01. The first-order valence-electron chi connectivity index (χ1n) is 5.00. The Kier molecular flexibility index (Phi) is 2.82. The second kappa shape index (κ2) is 4.28.